The second kappa shape index (κ2) is 8.19. The van der Waals surface area contributed by atoms with Crippen molar-refractivity contribution in [1.82, 2.24) is 5.32 Å². The summed E-state index contributed by atoms with van der Waals surface area (Å²) in [5.41, 5.74) is 2.65. The molecule has 2 nitrogen and oxygen atoms in total. The van der Waals surface area contributed by atoms with E-state index in [1.807, 2.05) is 0 Å². The van der Waals surface area contributed by atoms with Crippen LogP contribution < -0.4 is 10.2 Å². The van der Waals surface area contributed by atoms with E-state index in [0.29, 0.717) is 6.04 Å². The summed E-state index contributed by atoms with van der Waals surface area (Å²) in [5, 5.41) is 3.47. The van der Waals surface area contributed by atoms with Crippen molar-refractivity contribution in [3.63, 3.8) is 0 Å². The smallest absolute Gasteiger partial charge is 0.0508 e. The topological polar surface area (TPSA) is 15.3 Å². The summed E-state index contributed by atoms with van der Waals surface area (Å²) in [6.07, 6.45) is 7.07. The highest BCUT2D eigenvalue weighted by Crippen LogP contribution is 2.30. The third-order valence-electron chi connectivity index (χ3n) is 4.39. The van der Waals surface area contributed by atoms with Gasteiger partial charge in [0.05, 0.1) is 5.69 Å². The fraction of sp³-hybridized carbons (Fsp3) is 0.667. The maximum atomic E-state index is 3.75. The molecule has 1 aromatic rings. The van der Waals surface area contributed by atoms with Crippen LogP contribution in [0.5, 0.6) is 0 Å². The third-order valence-corrected chi connectivity index (χ3v) is 5.03. The number of benzene rings is 1. The predicted molar refractivity (Wildman–Crippen MR) is 96.0 cm³/mol. The molecular formula is C18H29BrN2. The second-order valence-electron chi connectivity index (χ2n) is 6.71. The van der Waals surface area contributed by atoms with Crippen LogP contribution in [0.25, 0.3) is 0 Å². The highest BCUT2D eigenvalue weighted by atomic mass is 79.9. The van der Waals surface area contributed by atoms with Crippen LogP contribution in [0.3, 0.4) is 0 Å². The molecule has 0 saturated heterocycles. The predicted octanol–water partition coefficient (Wildman–Crippen LogP) is 4.96. The van der Waals surface area contributed by atoms with Gasteiger partial charge in [0.25, 0.3) is 0 Å². The quantitative estimate of drug-likeness (QED) is 0.777. The van der Waals surface area contributed by atoms with E-state index in [0.717, 1.165) is 12.5 Å². The van der Waals surface area contributed by atoms with Gasteiger partial charge in [0.15, 0.2) is 0 Å². The lowest BCUT2D eigenvalue weighted by Crippen LogP contribution is -2.27. The molecule has 0 radical (unpaired) electrons. The summed E-state index contributed by atoms with van der Waals surface area (Å²) >= 11 is 3.75. The molecule has 0 amide bonds. The van der Waals surface area contributed by atoms with Crippen molar-refractivity contribution in [2.45, 2.75) is 58.5 Å². The summed E-state index contributed by atoms with van der Waals surface area (Å²) in [6.45, 7) is 6.48. The molecule has 1 aliphatic rings. The number of nitrogens with zero attached hydrogens (tertiary/aromatic N) is 1. The number of nitrogens with one attached hydrogen (secondary N) is 1. The summed E-state index contributed by atoms with van der Waals surface area (Å²) in [6, 6.07) is 7.27. The summed E-state index contributed by atoms with van der Waals surface area (Å²) < 4.78 is 1.21. The molecule has 1 saturated carbocycles. The van der Waals surface area contributed by atoms with Gasteiger partial charge in [-0.1, -0.05) is 39.2 Å². The maximum Gasteiger partial charge on any atom is 0.0508 e. The van der Waals surface area contributed by atoms with Gasteiger partial charge in [0, 0.05) is 30.7 Å². The van der Waals surface area contributed by atoms with Crippen molar-refractivity contribution in [3.05, 3.63) is 28.2 Å². The van der Waals surface area contributed by atoms with Gasteiger partial charge in [-0.15, -0.1) is 0 Å². The molecule has 21 heavy (non-hydrogen) atoms. The molecular weight excluding hydrogens is 324 g/mol. The Morgan fingerprint density at radius 2 is 1.95 bits per heavy atom. The minimum absolute atomic E-state index is 0.525. The zero-order chi connectivity index (χ0) is 15.2. The minimum Gasteiger partial charge on any atom is -0.373 e. The number of halogens is 1. The molecule has 1 fully saturated rings. The van der Waals surface area contributed by atoms with Gasteiger partial charge < -0.3 is 10.2 Å². The molecule has 1 aromatic carbocycles. The van der Waals surface area contributed by atoms with Crippen LogP contribution in [0.4, 0.5) is 5.69 Å². The Balaban J connectivity index is 1.95. The van der Waals surface area contributed by atoms with E-state index >= 15 is 0 Å². The van der Waals surface area contributed by atoms with Crippen LogP contribution in [-0.2, 0) is 6.54 Å². The van der Waals surface area contributed by atoms with Crippen molar-refractivity contribution >= 4 is 21.6 Å². The van der Waals surface area contributed by atoms with Crippen LogP contribution in [-0.4, -0.2) is 19.6 Å². The van der Waals surface area contributed by atoms with Gasteiger partial charge in [0.1, 0.15) is 0 Å². The molecule has 0 atom stereocenters. The molecule has 0 spiro atoms. The van der Waals surface area contributed by atoms with E-state index in [9.17, 15) is 0 Å². The Kier molecular flexibility index (Phi) is 6.56. The van der Waals surface area contributed by atoms with Gasteiger partial charge in [-0.05, 0) is 52.4 Å². The van der Waals surface area contributed by atoms with E-state index in [2.05, 4.69) is 65.2 Å². The summed E-state index contributed by atoms with van der Waals surface area (Å²) in [7, 11) is 2.22. The van der Waals surface area contributed by atoms with E-state index in [1.54, 1.807) is 0 Å². The van der Waals surface area contributed by atoms with E-state index < -0.39 is 0 Å². The lowest BCUT2D eigenvalue weighted by molar-refractivity contribution is 0.362. The Morgan fingerprint density at radius 1 is 1.24 bits per heavy atom. The van der Waals surface area contributed by atoms with E-state index in [4.69, 9.17) is 0 Å². The van der Waals surface area contributed by atoms with Crippen molar-refractivity contribution in [2.75, 3.05) is 18.5 Å². The van der Waals surface area contributed by atoms with Crippen molar-refractivity contribution in [2.24, 2.45) is 5.92 Å². The Morgan fingerprint density at radius 3 is 2.57 bits per heavy atom. The van der Waals surface area contributed by atoms with Crippen molar-refractivity contribution in [3.8, 4) is 0 Å². The van der Waals surface area contributed by atoms with E-state index in [-0.39, 0.29) is 0 Å². The van der Waals surface area contributed by atoms with Crippen LogP contribution in [0.15, 0.2) is 22.7 Å². The molecule has 0 aromatic heterocycles. The van der Waals surface area contributed by atoms with Crippen molar-refractivity contribution in [1.29, 1.82) is 0 Å². The summed E-state index contributed by atoms with van der Waals surface area (Å²) in [4.78, 5) is 2.42. The van der Waals surface area contributed by atoms with Gasteiger partial charge >= 0.3 is 0 Å². The normalized spacial score (nSPS) is 16.4. The molecule has 2 rings (SSSR count). The molecule has 118 valence electrons. The first-order valence-corrected chi connectivity index (χ1v) is 9.08. The average molecular weight is 353 g/mol. The summed E-state index contributed by atoms with van der Waals surface area (Å²) in [5.74, 6) is 0.873. The average Bonchev–Trinajstić information content (AvgIpc) is 2.46. The third kappa shape index (κ3) is 5.30. The molecule has 1 aliphatic carbocycles. The Hall–Kier alpha value is -0.540. The highest BCUT2D eigenvalue weighted by Gasteiger charge is 2.16. The Bertz CT molecular complexity index is 439. The molecule has 0 aliphatic heterocycles. The lowest BCUT2D eigenvalue weighted by Gasteiger charge is -2.29. The highest BCUT2D eigenvalue weighted by molar-refractivity contribution is 9.10. The Labute approximate surface area is 138 Å². The number of hydrogen-bond acceptors (Lipinski definition) is 2. The van der Waals surface area contributed by atoms with Gasteiger partial charge in [-0.25, -0.2) is 0 Å². The monoisotopic (exact) mass is 352 g/mol. The largest absolute Gasteiger partial charge is 0.373 e. The first-order valence-electron chi connectivity index (χ1n) is 8.29. The van der Waals surface area contributed by atoms with Gasteiger partial charge in [-0.3, -0.25) is 0 Å². The van der Waals surface area contributed by atoms with Gasteiger partial charge in [0.2, 0.25) is 0 Å². The minimum atomic E-state index is 0.525. The fourth-order valence-electron chi connectivity index (χ4n) is 3.15. The zero-order valence-electron chi connectivity index (χ0n) is 13.7. The maximum absolute atomic E-state index is 3.75. The number of hydrogen-bond donors (Lipinski definition) is 1. The lowest BCUT2D eigenvalue weighted by atomic mass is 9.89. The second-order valence-corrected chi connectivity index (χ2v) is 7.56. The molecule has 3 heteroatoms. The molecule has 1 N–H and O–H groups in total. The van der Waals surface area contributed by atoms with Crippen LogP contribution >= 0.6 is 15.9 Å². The first kappa shape index (κ1) is 16.8. The van der Waals surface area contributed by atoms with Crippen LogP contribution in [0.2, 0.25) is 0 Å². The fourth-order valence-corrected chi connectivity index (χ4v) is 3.88. The van der Waals surface area contributed by atoms with Crippen molar-refractivity contribution < 1.29 is 0 Å². The SMILES string of the molecule is CC(C)NCc1ccc(N(C)CC2CCCCC2)c(Br)c1. The number of anilines is 1. The molecule has 0 bridgehead atoms. The van der Waals surface area contributed by atoms with Crippen LogP contribution in [0, 0.1) is 5.92 Å². The van der Waals surface area contributed by atoms with Gasteiger partial charge in [-0.2, -0.15) is 0 Å². The van der Waals surface area contributed by atoms with Crippen LogP contribution in [0.1, 0.15) is 51.5 Å². The molecule has 0 unspecified atom stereocenters. The first-order chi connectivity index (χ1) is 10.1. The standard InChI is InChI=1S/C18H29BrN2/c1-14(2)20-12-16-9-10-18(17(19)11-16)21(3)13-15-7-5-4-6-8-15/h9-11,14-15,20H,4-8,12-13H2,1-3H3. The van der Waals surface area contributed by atoms with E-state index in [1.165, 1.54) is 54.4 Å². The molecule has 0 heterocycles. The number of rotatable bonds is 6. The zero-order valence-corrected chi connectivity index (χ0v) is 15.2.